The first kappa shape index (κ1) is 19.9. The van der Waals surface area contributed by atoms with Crippen molar-refractivity contribution in [3.05, 3.63) is 52.7 Å². The molecule has 0 unspecified atom stereocenters. The van der Waals surface area contributed by atoms with Gasteiger partial charge in [0.1, 0.15) is 5.69 Å². The number of hydrogen-bond donors (Lipinski definition) is 1. The first-order chi connectivity index (χ1) is 13.2. The van der Waals surface area contributed by atoms with Crippen LogP contribution in [-0.4, -0.2) is 35.3 Å². The minimum atomic E-state index is -4.61. The Balaban J connectivity index is 2.00. The van der Waals surface area contributed by atoms with Gasteiger partial charge in [-0.15, -0.1) is 0 Å². The summed E-state index contributed by atoms with van der Waals surface area (Å²) in [4.78, 5) is 29.5. The normalized spacial score (nSPS) is 14.5. The van der Waals surface area contributed by atoms with Gasteiger partial charge in [0.15, 0.2) is 0 Å². The number of amides is 2. The van der Waals surface area contributed by atoms with Crippen molar-refractivity contribution in [3.63, 3.8) is 0 Å². The van der Waals surface area contributed by atoms with Crippen LogP contribution >= 0.6 is 0 Å². The van der Waals surface area contributed by atoms with Crippen LogP contribution in [0, 0.1) is 6.92 Å². The first-order valence-electron chi connectivity index (χ1n) is 8.88. The second kappa shape index (κ2) is 7.61. The van der Waals surface area contributed by atoms with Gasteiger partial charge in [-0.25, -0.2) is 4.98 Å². The van der Waals surface area contributed by atoms with E-state index < -0.39 is 17.8 Å². The summed E-state index contributed by atoms with van der Waals surface area (Å²) < 4.78 is 39.6. The number of aromatic nitrogens is 1. The molecular weight excluding hydrogens is 371 g/mol. The maximum absolute atomic E-state index is 13.2. The molecule has 0 bridgehead atoms. The Labute approximate surface area is 160 Å². The van der Waals surface area contributed by atoms with Crippen molar-refractivity contribution < 1.29 is 22.8 Å². The monoisotopic (exact) mass is 391 g/mol. The summed E-state index contributed by atoms with van der Waals surface area (Å²) >= 11 is 0. The van der Waals surface area contributed by atoms with E-state index in [4.69, 9.17) is 0 Å². The number of carbonyl (C=O) groups is 2. The van der Waals surface area contributed by atoms with Gasteiger partial charge in [0, 0.05) is 32.1 Å². The van der Waals surface area contributed by atoms with Crippen LogP contribution in [0.1, 0.15) is 40.0 Å². The maximum Gasteiger partial charge on any atom is 0.433 e. The molecule has 28 heavy (non-hydrogen) atoms. The summed E-state index contributed by atoms with van der Waals surface area (Å²) in [6.45, 7) is 2.62. The van der Waals surface area contributed by atoms with E-state index in [-0.39, 0.29) is 22.7 Å². The summed E-state index contributed by atoms with van der Waals surface area (Å²) in [5, 5.41) is 2.45. The predicted octanol–water partition coefficient (Wildman–Crippen LogP) is 3.56. The summed E-state index contributed by atoms with van der Waals surface area (Å²) in [6.07, 6.45) is -3.24. The molecule has 2 aromatic rings. The number of hydrogen-bond acceptors (Lipinski definition) is 3. The largest absolute Gasteiger partial charge is 0.433 e. The lowest BCUT2D eigenvalue weighted by Crippen LogP contribution is -2.23. The number of rotatable bonds is 4. The van der Waals surface area contributed by atoms with Crippen LogP contribution in [-0.2, 0) is 17.5 Å². The fraction of sp³-hybridized carbons (Fsp3) is 0.350. The highest BCUT2D eigenvalue weighted by Gasteiger charge is 2.34. The van der Waals surface area contributed by atoms with Gasteiger partial charge in [-0.2, -0.15) is 13.2 Å². The van der Waals surface area contributed by atoms with Crippen molar-refractivity contribution in [2.45, 2.75) is 32.5 Å². The molecule has 1 aliphatic rings. The van der Waals surface area contributed by atoms with E-state index in [0.717, 1.165) is 18.1 Å². The standard InChI is InChI=1S/C20H20F3N3O2/c1-12-10-15(20(21,22)23)25-18(17(12)19(28)24-2)14-7-5-13(6-8-14)11-26-9-3-4-16(26)27/h5-8,10H,3-4,9,11H2,1-2H3,(H,24,28). The van der Waals surface area contributed by atoms with E-state index in [9.17, 15) is 22.8 Å². The third-order valence-electron chi connectivity index (χ3n) is 4.73. The van der Waals surface area contributed by atoms with Crippen molar-refractivity contribution in [1.29, 1.82) is 0 Å². The molecule has 1 N–H and O–H groups in total. The topological polar surface area (TPSA) is 62.3 Å². The Kier molecular flexibility index (Phi) is 5.40. The zero-order valence-electron chi connectivity index (χ0n) is 15.6. The summed E-state index contributed by atoms with van der Waals surface area (Å²) in [7, 11) is 1.42. The Morgan fingerprint density at radius 1 is 1.25 bits per heavy atom. The van der Waals surface area contributed by atoms with Crippen LogP contribution in [0.3, 0.4) is 0 Å². The van der Waals surface area contributed by atoms with Gasteiger partial charge in [-0.3, -0.25) is 9.59 Å². The number of aryl methyl sites for hydroxylation is 1. The van der Waals surface area contributed by atoms with Crippen LogP contribution in [0.5, 0.6) is 0 Å². The fourth-order valence-corrected chi connectivity index (χ4v) is 3.30. The molecule has 1 aromatic heterocycles. The van der Waals surface area contributed by atoms with Gasteiger partial charge in [0.2, 0.25) is 5.91 Å². The quantitative estimate of drug-likeness (QED) is 0.867. The zero-order chi connectivity index (χ0) is 20.5. The molecular formula is C20H20F3N3O2. The maximum atomic E-state index is 13.2. The van der Waals surface area contributed by atoms with Crippen LogP contribution in [0.25, 0.3) is 11.3 Å². The van der Waals surface area contributed by atoms with E-state index in [0.29, 0.717) is 25.1 Å². The van der Waals surface area contributed by atoms with Crippen LogP contribution < -0.4 is 5.32 Å². The minimum Gasteiger partial charge on any atom is -0.355 e. The molecule has 0 saturated carbocycles. The number of benzene rings is 1. The summed E-state index contributed by atoms with van der Waals surface area (Å²) in [5.74, 6) is -0.401. The van der Waals surface area contributed by atoms with Crippen molar-refractivity contribution >= 4 is 11.8 Å². The predicted molar refractivity (Wildman–Crippen MR) is 97.5 cm³/mol. The van der Waals surface area contributed by atoms with Gasteiger partial charge in [0.25, 0.3) is 5.91 Å². The highest BCUT2D eigenvalue weighted by atomic mass is 19.4. The first-order valence-corrected chi connectivity index (χ1v) is 8.88. The number of nitrogens with one attached hydrogen (secondary N) is 1. The lowest BCUT2D eigenvalue weighted by atomic mass is 9.99. The lowest BCUT2D eigenvalue weighted by molar-refractivity contribution is -0.141. The molecule has 0 aliphatic carbocycles. The third kappa shape index (κ3) is 4.00. The third-order valence-corrected chi connectivity index (χ3v) is 4.73. The van der Waals surface area contributed by atoms with Crippen LogP contribution in [0.15, 0.2) is 30.3 Å². The molecule has 0 atom stereocenters. The molecule has 1 aromatic carbocycles. The Bertz CT molecular complexity index is 908. The number of nitrogens with zero attached hydrogens (tertiary/aromatic N) is 2. The van der Waals surface area contributed by atoms with Crippen LogP contribution in [0.2, 0.25) is 0 Å². The van der Waals surface area contributed by atoms with E-state index in [1.165, 1.54) is 14.0 Å². The second-order valence-corrected chi connectivity index (χ2v) is 6.74. The summed E-state index contributed by atoms with van der Waals surface area (Å²) in [6, 6.07) is 7.62. The van der Waals surface area contributed by atoms with E-state index in [2.05, 4.69) is 10.3 Å². The number of carbonyl (C=O) groups excluding carboxylic acids is 2. The molecule has 1 aliphatic heterocycles. The van der Waals surface area contributed by atoms with Gasteiger partial charge in [-0.05, 0) is 30.5 Å². The number of likely N-dealkylation sites (tertiary alicyclic amines) is 1. The molecule has 148 valence electrons. The molecule has 0 radical (unpaired) electrons. The number of halogens is 3. The van der Waals surface area contributed by atoms with Gasteiger partial charge in [0.05, 0.1) is 11.3 Å². The molecule has 3 rings (SSSR count). The number of alkyl halides is 3. The summed E-state index contributed by atoms with van der Waals surface area (Å²) in [5.41, 5.74) is 0.518. The molecule has 1 fully saturated rings. The second-order valence-electron chi connectivity index (χ2n) is 6.74. The van der Waals surface area contributed by atoms with E-state index in [1.54, 1.807) is 29.2 Å². The van der Waals surface area contributed by atoms with Crippen molar-refractivity contribution in [3.8, 4) is 11.3 Å². The van der Waals surface area contributed by atoms with E-state index in [1.807, 2.05) is 0 Å². The molecule has 2 amide bonds. The van der Waals surface area contributed by atoms with Gasteiger partial charge < -0.3 is 10.2 Å². The van der Waals surface area contributed by atoms with Crippen molar-refractivity contribution in [1.82, 2.24) is 15.2 Å². The minimum absolute atomic E-state index is 0.0181. The molecule has 0 spiro atoms. The Morgan fingerprint density at radius 2 is 1.93 bits per heavy atom. The highest BCUT2D eigenvalue weighted by molar-refractivity contribution is 6.01. The smallest absolute Gasteiger partial charge is 0.355 e. The Morgan fingerprint density at radius 3 is 2.46 bits per heavy atom. The average molecular weight is 391 g/mol. The van der Waals surface area contributed by atoms with Crippen molar-refractivity contribution in [2.24, 2.45) is 0 Å². The molecule has 1 saturated heterocycles. The van der Waals surface area contributed by atoms with E-state index >= 15 is 0 Å². The Hall–Kier alpha value is -2.90. The molecule has 2 heterocycles. The molecule has 8 heteroatoms. The molecule has 5 nitrogen and oxygen atoms in total. The SMILES string of the molecule is CNC(=O)c1c(C)cc(C(F)(F)F)nc1-c1ccc(CN2CCCC2=O)cc1. The fourth-order valence-electron chi connectivity index (χ4n) is 3.30. The highest BCUT2D eigenvalue weighted by Crippen LogP contribution is 2.33. The lowest BCUT2D eigenvalue weighted by Gasteiger charge is -2.17. The van der Waals surface area contributed by atoms with Gasteiger partial charge in [-0.1, -0.05) is 24.3 Å². The van der Waals surface area contributed by atoms with Crippen LogP contribution in [0.4, 0.5) is 13.2 Å². The van der Waals surface area contributed by atoms with Crippen molar-refractivity contribution in [2.75, 3.05) is 13.6 Å². The zero-order valence-corrected chi connectivity index (χ0v) is 15.6. The van der Waals surface area contributed by atoms with Gasteiger partial charge >= 0.3 is 6.18 Å². The average Bonchev–Trinajstić information content (AvgIpc) is 3.05. The number of pyridine rings is 1.